The summed E-state index contributed by atoms with van der Waals surface area (Å²) < 4.78 is 27.7. The number of halogens is 3. The molecule has 0 aliphatic carbocycles. The number of benzene rings is 2. The van der Waals surface area contributed by atoms with Gasteiger partial charge >= 0.3 is 6.03 Å². The lowest BCUT2D eigenvalue weighted by atomic mass is 9.99. The van der Waals surface area contributed by atoms with Crippen LogP contribution in [-0.2, 0) is 22.7 Å². The lowest BCUT2D eigenvalue weighted by Gasteiger charge is -2.34. The Kier molecular flexibility index (Phi) is 9.02. The molecule has 8 nitrogen and oxygen atoms in total. The molecule has 0 bridgehead atoms. The molecule has 11 heteroatoms. The first-order chi connectivity index (χ1) is 17.0. The van der Waals surface area contributed by atoms with Crippen LogP contribution in [0.15, 0.2) is 42.6 Å². The van der Waals surface area contributed by atoms with Crippen LogP contribution in [0, 0.1) is 11.6 Å². The Labute approximate surface area is 213 Å². The van der Waals surface area contributed by atoms with Gasteiger partial charge < -0.3 is 5.11 Å². The van der Waals surface area contributed by atoms with E-state index in [1.807, 2.05) is 0 Å². The summed E-state index contributed by atoms with van der Waals surface area (Å²) in [6.07, 6.45) is 3.05. The Hall–Kier alpha value is -3.05. The molecule has 0 radical (unpaired) electrons. The number of nitrogens with zero attached hydrogens (tertiary/aromatic N) is 2. The fourth-order valence-corrected chi connectivity index (χ4v) is 4.05. The van der Waals surface area contributed by atoms with E-state index in [1.165, 1.54) is 47.3 Å². The summed E-state index contributed by atoms with van der Waals surface area (Å²) in [5.74, 6) is -1.34. The van der Waals surface area contributed by atoms with E-state index in [9.17, 15) is 23.5 Å². The molecule has 0 unspecified atom stereocenters. The summed E-state index contributed by atoms with van der Waals surface area (Å²) in [7, 11) is 0. The van der Waals surface area contributed by atoms with Crippen LogP contribution in [0.2, 0.25) is 5.02 Å². The van der Waals surface area contributed by atoms with Crippen molar-refractivity contribution in [2.24, 2.45) is 0 Å². The number of urea groups is 1. The summed E-state index contributed by atoms with van der Waals surface area (Å²) in [4.78, 5) is 31.7. The molecule has 3 N–H and O–H groups in total. The molecular formula is C25H29ClF2N4O4. The van der Waals surface area contributed by atoms with Crippen LogP contribution in [0.4, 0.5) is 13.6 Å². The molecule has 1 heterocycles. The van der Waals surface area contributed by atoms with Gasteiger partial charge in [-0.05, 0) is 49.6 Å². The Morgan fingerprint density at radius 1 is 1.22 bits per heavy atom. The first-order valence-corrected chi connectivity index (χ1v) is 11.7. The second kappa shape index (κ2) is 11.8. The van der Waals surface area contributed by atoms with Crippen molar-refractivity contribution in [3.05, 3.63) is 75.9 Å². The van der Waals surface area contributed by atoms with Gasteiger partial charge in [0.1, 0.15) is 11.6 Å². The molecule has 0 saturated carbocycles. The minimum Gasteiger partial charge on any atom is -0.390 e. The second-order valence-corrected chi connectivity index (χ2v) is 9.46. The van der Waals surface area contributed by atoms with E-state index in [0.29, 0.717) is 16.7 Å². The molecule has 3 amide bonds. The molecule has 3 rings (SSSR count). The molecule has 0 saturated heterocycles. The van der Waals surface area contributed by atoms with Gasteiger partial charge in [0.25, 0.3) is 0 Å². The minimum atomic E-state index is -1.17. The average Bonchev–Trinajstić information content (AvgIpc) is 2.80. The molecule has 0 spiro atoms. The van der Waals surface area contributed by atoms with Crippen molar-refractivity contribution in [1.82, 2.24) is 20.8 Å². The second-order valence-electron chi connectivity index (χ2n) is 9.08. The first kappa shape index (κ1) is 27.5. The van der Waals surface area contributed by atoms with Gasteiger partial charge in [0, 0.05) is 25.2 Å². The summed E-state index contributed by atoms with van der Waals surface area (Å²) in [5.41, 5.74) is 5.58. The van der Waals surface area contributed by atoms with Crippen molar-refractivity contribution in [2.75, 3.05) is 6.61 Å². The number of nitrogens with one attached hydrogen (secondary N) is 2. The maximum absolute atomic E-state index is 13.9. The zero-order valence-electron chi connectivity index (χ0n) is 20.2. The van der Waals surface area contributed by atoms with Gasteiger partial charge in [-0.1, -0.05) is 35.9 Å². The molecule has 194 valence electrons. The monoisotopic (exact) mass is 522 g/mol. The summed E-state index contributed by atoms with van der Waals surface area (Å²) >= 11 is 6.01. The van der Waals surface area contributed by atoms with E-state index >= 15 is 0 Å². The first-order valence-electron chi connectivity index (χ1n) is 11.3. The number of aliphatic hydroxyl groups is 1. The molecule has 2 aromatic rings. The van der Waals surface area contributed by atoms with Crippen LogP contribution < -0.4 is 10.9 Å². The lowest BCUT2D eigenvalue weighted by molar-refractivity contribution is -0.139. The highest BCUT2D eigenvalue weighted by Gasteiger charge is 2.29. The number of amides is 3. The Bertz CT molecular complexity index is 1140. The standard InChI is InChI=1S/C25H29ClF2N4O4/c1-16(33)32(29-13-17-6-4-9-22(28)23(17)26)19(12-25(2,3)35)15-36-30-24(34)31-11-10-20-18(14-31)7-5-8-21(20)27/h4-11,19,29,35H,12-15H2,1-3H3,(H,30,34)/t19-/m0/s1. The normalized spacial score (nSPS) is 13.8. The highest BCUT2D eigenvalue weighted by Crippen LogP contribution is 2.23. The van der Waals surface area contributed by atoms with E-state index in [0.717, 1.165) is 0 Å². The molecular weight excluding hydrogens is 494 g/mol. The van der Waals surface area contributed by atoms with Crippen LogP contribution in [0.3, 0.4) is 0 Å². The molecule has 0 aromatic heterocycles. The Balaban J connectivity index is 1.64. The molecule has 1 atom stereocenters. The summed E-state index contributed by atoms with van der Waals surface area (Å²) in [6, 6.07) is 7.71. The van der Waals surface area contributed by atoms with Crippen molar-refractivity contribution >= 4 is 29.6 Å². The van der Waals surface area contributed by atoms with E-state index in [1.54, 1.807) is 32.0 Å². The van der Waals surface area contributed by atoms with Gasteiger partial charge in [0.15, 0.2) is 0 Å². The van der Waals surface area contributed by atoms with Gasteiger partial charge in [-0.3, -0.25) is 19.5 Å². The quantitative estimate of drug-likeness (QED) is 0.431. The van der Waals surface area contributed by atoms with Crippen LogP contribution in [0.1, 0.15) is 43.9 Å². The highest BCUT2D eigenvalue weighted by molar-refractivity contribution is 6.31. The third-order valence-electron chi connectivity index (χ3n) is 5.51. The van der Waals surface area contributed by atoms with Crippen molar-refractivity contribution in [2.45, 2.75) is 51.9 Å². The number of carbonyl (C=O) groups excluding carboxylic acids is 2. The molecule has 1 aliphatic rings. The number of hydroxylamine groups is 1. The van der Waals surface area contributed by atoms with Gasteiger partial charge in [0.2, 0.25) is 5.91 Å². The van der Waals surface area contributed by atoms with Crippen molar-refractivity contribution in [3.63, 3.8) is 0 Å². The predicted molar refractivity (Wildman–Crippen MR) is 131 cm³/mol. The molecule has 1 aliphatic heterocycles. The number of carbonyl (C=O) groups is 2. The van der Waals surface area contributed by atoms with E-state index in [2.05, 4.69) is 10.9 Å². The number of hydrazine groups is 1. The fourth-order valence-electron chi connectivity index (χ4n) is 3.86. The lowest BCUT2D eigenvalue weighted by Crippen LogP contribution is -2.53. The van der Waals surface area contributed by atoms with Crippen LogP contribution >= 0.6 is 11.6 Å². The summed E-state index contributed by atoms with van der Waals surface area (Å²) in [5, 5.41) is 11.6. The van der Waals surface area contributed by atoms with Crippen molar-refractivity contribution in [3.8, 4) is 0 Å². The van der Waals surface area contributed by atoms with Gasteiger partial charge in [-0.15, -0.1) is 0 Å². The summed E-state index contributed by atoms with van der Waals surface area (Å²) in [6.45, 7) is 4.51. The molecule has 36 heavy (non-hydrogen) atoms. The van der Waals surface area contributed by atoms with Gasteiger partial charge in [-0.25, -0.2) is 24.5 Å². The van der Waals surface area contributed by atoms with Crippen LogP contribution in [-0.4, -0.2) is 45.2 Å². The SMILES string of the molecule is CC(=O)N(NCc1cccc(F)c1Cl)[C@H](CONC(=O)N1C=Cc2c(F)cccc2C1)CC(C)(C)O. The Morgan fingerprint density at radius 3 is 2.61 bits per heavy atom. The fraction of sp³-hybridized carbons (Fsp3) is 0.360. The van der Waals surface area contributed by atoms with Gasteiger partial charge in [-0.2, -0.15) is 0 Å². The Morgan fingerprint density at radius 2 is 1.92 bits per heavy atom. The van der Waals surface area contributed by atoms with Crippen molar-refractivity contribution < 1.29 is 28.3 Å². The maximum Gasteiger partial charge on any atom is 0.345 e. The van der Waals surface area contributed by atoms with E-state index in [-0.39, 0.29) is 42.9 Å². The highest BCUT2D eigenvalue weighted by atomic mass is 35.5. The number of fused-ring (bicyclic) bond motifs is 1. The smallest absolute Gasteiger partial charge is 0.345 e. The van der Waals surface area contributed by atoms with Crippen molar-refractivity contribution in [1.29, 1.82) is 0 Å². The zero-order chi connectivity index (χ0) is 26.5. The largest absolute Gasteiger partial charge is 0.390 e. The van der Waals surface area contributed by atoms with Gasteiger partial charge in [0.05, 0.1) is 29.8 Å². The minimum absolute atomic E-state index is 0.0411. The predicted octanol–water partition coefficient (Wildman–Crippen LogP) is 4.13. The van der Waals surface area contributed by atoms with Crippen LogP contribution in [0.25, 0.3) is 6.08 Å². The molecule has 2 aromatic carbocycles. The maximum atomic E-state index is 13.9. The number of hydrogen-bond donors (Lipinski definition) is 3. The average molecular weight is 523 g/mol. The molecule has 0 fully saturated rings. The van der Waals surface area contributed by atoms with E-state index < -0.39 is 23.5 Å². The third-order valence-corrected chi connectivity index (χ3v) is 5.94. The zero-order valence-corrected chi connectivity index (χ0v) is 21.0. The number of hydrogen-bond acceptors (Lipinski definition) is 5. The topological polar surface area (TPSA) is 94.1 Å². The van der Waals surface area contributed by atoms with E-state index in [4.69, 9.17) is 16.4 Å². The van der Waals surface area contributed by atoms with Crippen LogP contribution in [0.5, 0.6) is 0 Å². The third kappa shape index (κ3) is 7.23. The number of rotatable bonds is 9.